The highest BCUT2D eigenvalue weighted by Gasteiger charge is 1.81. The minimum Gasteiger partial charge on any atom is -0.424 e. The highest BCUT2D eigenvalue weighted by Crippen LogP contribution is 1.65. The van der Waals surface area contributed by atoms with Crippen LogP contribution in [0.15, 0.2) is 0 Å². The lowest BCUT2D eigenvalue weighted by Gasteiger charge is -1.96. The Hall–Kier alpha value is 0.314. The van der Waals surface area contributed by atoms with Crippen LogP contribution < -0.4 is 0 Å². The fourth-order valence-electron chi connectivity index (χ4n) is 0.201. The third kappa shape index (κ3) is 6.31. The lowest BCUT2D eigenvalue weighted by molar-refractivity contribution is 0.320. The van der Waals surface area contributed by atoms with Crippen LogP contribution in [0.3, 0.4) is 0 Å². The fourth-order valence-corrected chi connectivity index (χ4v) is 1.81. The molecule has 7 heavy (non-hydrogen) atoms. The molecule has 0 bridgehead atoms. The zero-order valence-electron chi connectivity index (χ0n) is 4.64. The molecule has 0 aromatic carbocycles. The third-order valence-corrected chi connectivity index (χ3v) is 2.21. The van der Waals surface area contributed by atoms with Crippen molar-refractivity contribution in [2.75, 3.05) is 14.2 Å². The van der Waals surface area contributed by atoms with Crippen LogP contribution in [0.25, 0.3) is 0 Å². The molecule has 0 aromatic heterocycles. The Morgan fingerprint density at radius 2 is 1.43 bits per heavy atom. The van der Waals surface area contributed by atoms with E-state index in [-0.39, 0.29) is 0 Å². The Kier molecular flexibility index (Phi) is 6.60. The largest absolute Gasteiger partial charge is 0.424 e. The maximum atomic E-state index is 4.97. The van der Waals surface area contributed by atoms with Gasteiger partial charge >= 0.3 is 0 Å². The fraction of sp³-hybridized carbons (Fsp3) is 1.00. The molecule has 5 heteroatoms. The zero-order chi connectivity index (χ0) is 5.54. The summed E-state index contributed by atoms with van der Waals surface area (Å²) in [7, 11) is 1.99. The Bertz CT molecular complexity index is 30.1. The van der Waals surface area contributed by atoms with Crippen LogP contribution in [-0.4, -0.2) is 34.2 Å². The van der Waals surface area contributed by atoms with Crippen molar-refractivity contribution in [3.8, 4) is 0 Å². The molecule has 0 aliphatic rings. The maximum Gasteiger partial charge on any atom is 0.295 e. The van der Waals surface area contributed by atoms with Gasteiger partial charge in [-0.15, -0.1) is 0 Å². The monoisotopic (exact) mass is 138 g/mol. The molecule has 0 unspecified atom stereocenters. The van der Waals surface area contributed by atoms with Crippen molar-refractivity contribution in [2.24, 2.45) is 0 Å². The van der Waals surface area contributed by atoms with E-state index in [0.717, 1.165) is 0 Å². The van der Waals surface area contributed by atoms with E-state index in [9.17, 15) is 0 Å². The lowest BCUT2D eigenvalue weighted by Crippen LogP contribution is -2.07. The van der Waals surface area contributed by atoms with Crippen molar-refractivity contribution in [3.63, 3.8) is 0 Å². The van der Waals surface area contributed by atoms with E-state index in [4.69, 9.17) is 13.0 Å². The second-order valence-corrected chi connectivity index (χ2v) is 4.28. The van der Waals surface area contributed by atoms with Gasteiger partial charge in [0, 0.05) is 14.2 Å². The summed E-state index contributed by atoms with van der Waals surface area (Å²) in [4.78, 5) is 0. The van der Waals surface area contributed by atoms with Crippen molar-refractivity contribution in [1.29, 1.82) is 0 Å². The van der Waals surface area contributed by atoms with Gasteiger partial charge in [0.2, 0.25) is 0 Å². The van der Waals surface area contributed by atoms with Crippen molar-refractivity contribution < 1.29 is 13.0 Å². The molecule has 3 nitrogen and oxygen atoms in total. The summed E-state index contributed by atoms with van der Waals surface area (Å²) in [6.45, 7) is 0. The van der Waals surface area contributed by atoms with Gasteiger partial charge in [0.15, 0.2) is 0 Å². The molecule has 0 rings (SSSR count). The summed E-state index contributed by atoms with van der Waals surface area (Å²) in [6.07, 6.45) is 0. The van der Waals surface area contributed by atoms with Crippen molar-refractivity contribution in [1.82, 2.24) is 0 Å². The molecule has 0 atom stereocenters. The smallest absolute Gasteiger partial charge is 0.295 e. The van der Waals surface area contributed by atoms with E-state index in [0.29, 0.717) is 0 Å². The number of hydrogen-bond acceptors (Lipinski definition) is 3. The molecule has 44 valence electrons. The molecular formula is C2H10O3Si2. The van der Waals surface area contributed by atoms with Crippen LogP contribution in [0, 0.1) is 0 Å². The average molecular weight is 138 g/mol. The first kappa shape index (κ1) is 7.31. The second kappa shape index (κ2) is 6.31. The van der Waals surface area contributed by atoms with Crippen LogP contribution in [0.2, 0.25) is 0 Å². The topological polar surface area (TPSA) is 27.7 Å². The summed E-state index contributed by atoms with van der Waals surface area (Å²) in [5.41, 5.74) is 0. The molecule has 0 saturated carbocycles. The van der Waals surface area contributed by atoms with Gasteiger partial charge in [0.05, 0.1) is 0 Å². The van der Waals surface area contributed by atoms with Crippen molar-refractivity contribution in [2.45, 2.75) is 0 Å². The Balaban J connectivity index is 2.45. The Morgan fingerprint density at radius 1 is 1.00 bits per heavy atom. The molecule has 0 aliphatic heterocycles. The van der Waals surface area contributed by atoms with Crippen molar-refractivity contribution >= 4 is 20.0 Å². The molecule has 0 aromatic rings. The van der Waals surface area contributed by atoms with Crippen LogP contribution in [0.5, 0.6) is 0 Å². The lowest BCUT2D eigenvalue weighted by atomic mass is 11.8. The molecule has 0 spiro atoms. The number of rotatable bonds is 4. The molecule has 0 amide bonds. The SMILES string of the molecule is CO[SiH2]O[SiH2]OC. The van der Waals surface area contributed by atoms with Crippen LogP contribution >= 0.6 is 0 Å². The molecular weight excluding hydrogens is 128 g/mol. The molecule has 0 saturated heterocycles. The van der Waals surface area contributed by atoms with E-state index >= 15 is 0 Å². The summed E-state index contributed by atoms with van der Waals surface area (Å²) in [6, 6.07) is 0. The first-order valence-corrected chi connectivity index (χ1v) is 4.28. The minimum absolute atomic E-state index is 0.653. The van der Waals surface area contributed by atoms with Gasteiger partial charge in [-0.05, 0) is 0 Å². The van der Waals surface area contributed by atoms with Gasteiger partial charge in [-0.3, -0.25) is 0 Å². The Labute approximate surface area is 48.1 Å². The Morgan fingerprint density at radius 3 is 1.71 bits per heavy atom. The van der Waals surface area contributed by atoms with Crippen LogP contribution in [-0.2, 0) is 13.0 Å². The molecule has 0 N–H and O–H groups in total. The van der Waals surface area contributed by atoms with E-state index in [1.807, 2.05) is 0 Å². The van der Waals surface area contributed by atoms with E-state index in [1.165, 1.54) is 0 Å². The zero-order valence-corrected chi connectivity index (χ0v) is 7.47. The average Bonchev–Trinajstić information content (AvgIpc) is 1.69. The second-order valence-electron chi connectivity index (χ2n) is 1.02. The molecule has 0 aliphatic carbocycles. The van der Waals surface area contributed by atoms with Gasteiger partial charge in [0.1, 0.15) is 0 Å². The summed E-state index contributed by atoms with van der Waals surface area (Å²) < 4.78 is 14.4. The highest BCUT2D eigenvalue weighted by atomic mass is 28.3. The first-order valence-electron chi connectivity index (χ1n) is 1.97. The van der Waals surface area contributed by atoms with Crippen molar-refractivity contribution in [3.05, 3.63) is 0 Å². The van der Waals surface area contributed by atoms with E-state index in [1.54, 1.807) is 14.2 Å². The van der Waals surface area contributed by atoms with E-state index < -0.39 is 20.0 Å². The third-order valence-electron chi connectivity index (χ3n) is 0.402. The van der Waals surface area contributed by atoms with Crippen LogP contribution in [0.1, 0.15) is 0 Å². The standard InChI is InChI=1S/C2H10O3Si2/c1-3-6-5-7-4-2/h6-7H2,1-2H3. The van der Waals surface area contributed by atoms with Gasteiger partial charge in [-0.1, -0.05) is 0 Å². The predicted molar refractivity (Wildman–Crippen MR) is 32.2 cm³/mol. The number of hydrogen-bond donors (Lipinski definition) is 0. The first-order chi connectivity index (χ1) is 3.41. The predicted octanol–water partition coefficient (Wildman–Crippen LogP) is -1.71. The minimum atomic E-state index is -0.653. The summed E-state index contributed by atoms with van der Waals surface area (Å²) in [5, 5.41) is 0. The summed E-state index contributed by atoms with van der Waals surface area (Å²) >= 11 is 0. The van der Waals surface area contributed by atoms with Gasteiger partial charge in [-0.25, -0.2) is 0 Å². The maximum absolute atomic E-state index is 4.97. The van der Waals surface area contributed by atoms with Gasteiger partial charge in [0.25, 0.3) is 20.0 Å². The quantitative estimate of drug-likeness (QED) is 0.342. The molecule has 0 heterocycles. The normalized spacial score (nSPS) is 12.9. The van der Waals surface area contributed by atoms with Gasteiger partial charge in [-0.2, -0.15) is 0 Å². The van der Waals surface area contributed by atoms with E-state index in [2.05, 4.69) is 0 Å². The van der Waals surface area contributed by atoms with Gasteiger partial charge < -0.3 is 13.0 Å². The van der Waals surface area contributed by atoms with Crippen LogP contribution in [0.4, 0.5) is 0 Å². The highest BCUT2D eigenvalue weighted by molar-refractivity contribution is 6.34. The molecule has 0 radical (unpaired) electrons. The molecule has 0 fully saturated rings. The summed E-state index contributed by atoms with van der Waals surface area (Å²) in [5.74, 6) is 0.